The van der Waals surface area contributed by atoms with E-state index >= 15 is 0 Å². The summed E-state index contributed by atoms with van der Waals surface area (Å²) in [5.74, 6) is 0. The molecule has 0 aliphatic rings. The second-order valence-electron chi connectivity index (χ2n) is 5.39. The van der Waals surface area contributed by atoms with Gasteiger partial charge in [-0.25, -0.2) is 0 Å². The van der Waals surface area contributed by atoms with Crippen LogP contribution in [0.5, 0.6) is 0 Å². The molecule has 0 aromatic heterocycles. The van der Waals surface area contributed by atoms with Crippen molar-refractivity contribution in [2.75, 3.05) is 0 Å². The summed E-state index contributed by atoms with van der Waals surface area (Å²) in [4.78, 5) is 0. The summed E-state index contributed by atoms with van der Waals surface area (Å²) in [6.07, 6.45) is 0.786. The third kappa shape index (κ3) is 3.54. The van der Waals surface area contributed by atoms with E-state index in [9.17, 15) is 0 Å². The van der Waals surface area contributed by atoms with Crippen LogP contribution in [-0.4, -0.2) is 0 Å². The third-order valence-corrected chi connectivity index (χ3v) is 4.01. The molecular formula is C17H19Cl2N. The molecule has 0 aliphatic carbocycles. The second-order valence-corrected chi connectivity index (χ2v) is 6.26. The molecule has 1 atom stereocenters. The van der Waals surface area contributed by atoms with E-state index in [4.69, 9.17) is 28.9 Å². The van der Waals surface area contributed by atoms with E-state index < -0.39 is 0 Å². The van der Waals surface area contributed by atoms with Crippen LogP contribution in [0, 0.1) is 20.8 Å². The van der Waals surface area contributed by atoms with Gasteiger partial charge in [0.2, 0.25) is 0 Å². The molecule has 20 heavy (non-hydrogen) atoms. The van der Waals surface area contributed by atoms with Crippen LogP contribution in [0.2, 0.25) is 10.0 Å². The highest BCUT2D eigenvalue weighted by Crippen LogP contribution is 2.26. The fourth-order valence-electron chi connectivity index (χ4n) is 2.66. The Morgan fingerprint density at radius 2 is 1.40 bits per heavy atom. The Hall–Kier alpha value is -1.02. The molecule has 0 bridgehead atoms. The van der Waals surface area contributed by atoms with Crippen LogP contribution >= 0.6 is 23.2 Å². The summed E-state index contributed by atoms with van der Waals surface area (Å²) in [7, 11) is 0. The maximum Gasteiger partial charge on any atom is 0.0424 e. The number of halogens is 2. The average molecular weight is 308 g/mol. The largest absolute Gasteiger partial charge is 0.324 e. The highest BCUT2D eigenvalue weighted by Gasteiger charge is 2.12. The molecule has 0 saturated heterocycles. The first-order chi connectivity index (χ1) is 9.36. The minimum Gasteiger partial charge on any atom is -0.324 e. The molecule has 0 spiro atoms. The zero-order valence-electron chi connectivity index (χ0n) is 12.0. The number of rotatable bonds is 3. The molecule has 0 amide bonds. The SMILES string of the molecule is Cc1cc(C)c(CC(N)c2cc(Cl)cc(Cl)c2)c(C)c1. The number of nitrogens with two attached hydrogens (primary N) is 1. The zero-order chi connectivity index (χ0) is 14.9. The molecule has 2 aromatic rings. The Morgan fingerprint density at radius 3 is 1.90 bits per heavy atom. The zero-order valence-corrected chi connectivity index (χ0v) is 13.5. The first-order valence-electron chi connectivity index (χ1n) is 6.65. The van der Waals surface area contributed by atoms with E-state index in [1.165, 1.54) is 22.3 Å². The van der Waals surface area contributed by atoms with Crippen molar-refractivity contribution in [3.05, 3.63) is 68.2 Å². The summed E-state index contributed by atoms with van der Waals surface area (Å²) in [5.41, 5.74) is 12.4. The van der Waals surface area contributed by atoms with E-state index in [-0.39, 0.29) is 6.04 Å². The normalized spacial score (nSPS) is 12.5. The monoisotopic (exact) mass is 307 g/mol. The van der Waals surface area contributed by atoms with Crippen molar-refractivity contribution in [1.29, 1.82) is 0 Å². The molecule has 2 aromatic carbocycles. The van der Waals surface area contributed by atoms with Crippen molar-refractivity contribution >= 4 is 23.2 Å². The predicted molar refractivity (Wildman–Crippen MR) is 87.7 cm³/mol. The second kappa shape index (κ2) is 6.17. The number of benzene rings is 2. The van der Waals surface area contributed by atoms with Gasteiger partial charge in [-0.05, 0) is 67.6 Å². The molecule has 1 nitrogen and oxygen atoms in total. The maximum atomic E-state index is 6.32. The van der Waals surface area contributed by atoms with Crippen molar-refractivity contribution in [1.82, 2.24) is 0 Å². The number of hydrogen-bond donors (Lipinski definition) is 1. The highest BCUT2D eigenvalue weighted by atomic mass is 35.5. The van der Waals surface area contributed by atoms with E-state index in [0.717, 1.165) is 12.0 Å². The highest BCUT2D eigenvalue weighted by molar-refractivity contribution is 6.34. The van der Waals surface area contributed by atoms with Gasteiger partial charge in [0.05, 0.1) is 0 Å². The minimum atomic E-state index is -0.105. The van der Waals surface area contributed by atoms with Crippen molar-refractivity contribution in [2.45, 2.75) is 33.2 Å². The fraction of sp³-hybridized carbons (Fsp3) is 0.294. The van der Waals surface area contributed by atoms with Gasteiger partial charge in [-0.15, -0.1) is 0 Å². The maximum absolute atomic E-state index is 6.32. The Kier molecular flexibility index (Phi) is 4.74. The van der Waals surface area contributed by atoms with Crippen LogP contribution < -0.4 is 5.73 Å². The van der Waals surface area contributed by atoms with Gasteiger partial charge in [-0.2, -0.15) is 0 Å². The third-order valence-electron chi connectivity index (χ3n) is 3.58. The Labute approximate surface area is 130 Å². The molecule has 3 heteroatoms. The lowest BCUT2D eigenvalue weighted by molar-refractivity contribution is 0.715. The van der Waals surface area contributed by atoms with Gasteiger partial charge >= 0.3 is 0 Å². The van der Waals surface area contributed by atoms with Gasteiger partial charge < -0.3 is 5.73 Å². The number of aryl methyl sites for hydroxylation is 3. The van der Waals surface area contributed by atoms with Crippen molar-refractivity contribution in [3.8, 4) is 0 Å². The van der Waals surface area contributed by atoms with Crippen LogP contribution in [0.4, 0.5) is 0 Å². The molecule has 2 N–H and O–H groups in total. The molecule has 0 fully saturated rings. The summed E-state index contributed by atoms with van der Waals surface area (Å²) >= 11 is 12.1. The van der Waals surface area contributed by atoms with Crippen LogP contribution in [0.25, 0.3) is 0 Å². The van der Waals surface area contributed by atoms with Crippen LogP contribution in [-0.2, 0) is 6.42 Å². The molecular weight excluding hydrogens is 289 g/mol. The molecule has 2 rings (SSSR count). The molecule has 0 aliphatic heterocycles. The van der Waals surface area contributed by atoms with E-state index in [0.29, 0.717) is 10.0 Å². The van der Waals surface area contributed by atoms with Gasteiger partial charge in [-0.1, -0.05) is 40.9 Å². The first-order valence-corrected chi connectivity index (χ1v) is 7.40. The number of hydrogen-bond acceptors (Lipinski definition) is 1. The predicted octanol–water partition coefficient (Wildman–Crippen LogP) is 5.16. The van der Waals surface area contributed by atoms with Gasteiger partial charge in [-0.3, -0.25) is 0 Å². The lowest BCUT2D eigenvalue weighted by Gasteiger charge is -2.17. The summed E-state index contributed by atoms with van der Waals surface area (Å²) in [6, 6.07) is 9.78. The van der Waals surface area contributed by atoms with Gasteiger partial charge in [0, 0.05) is 16.1 Å². The Bertz CT molecular complexity index is 592. The van der Waals surface area contributed by atoms with Gasteiger partial charge in [0.15, 0.2) is 0 Å². The van der Waals surface area contributed by atoms with Crippen LogP contribution in [0.1, 0.15) is 33.9 Å². The van der Waals surface area contributed by atoms with Crippen LogP contribution in [0.3, 0.4) is 0 Å². The van der Waals surface area contributed by atoms with Crippen LogP contribution in [0.15, 0.2) is 30.3 Å². The molecule has 0 saturated carbocycles. The summed E-state index contributed by atoms with van der Waals surface area (Å²) < 4.78 is 0. The molecule has 0 heterocycles. The van der Waals surface area contributed by atoms with Crippen molar-refractivity contribution in [3.63, 3.8) is 0 Å². The standard InChI is InChI=1S/C17H19Cl2N/c1-10-4-11(2)16(12(3)5-10)9-17(20)13-6-14(18)8-15(19)7-13/h4-8,17H,9,20H2,1-3H3. The van der Waals surface area contributed by atoms with Gasteiger partial charge in [0.25, 0.3) is 0 Å². The topological polar surface area (TPSA) is 26.0 Å². The minimum absolute atomic E-state index is 0.105. The fourth-order valence-corrected chi connectivity index (χ4v) is 3.20. The Morgan fingerprint density at radius 1 is 0.900 bits per heavy atom. The summed E-state index contributed by atoms with van der Waals surface area (Å²) in [5, 5.41) is 1.25. The van der Waals surface area contributed by atoms with Crippen molar-refractivity contribution < 1.29 is 0 Å². The van der Waals surface area contributed by atoms with E-state index in [2.05, 4.69) is 32.9 Å². The summed E-state index contributed by atoms with van der Waals surface area (Å²) in [6.45, 7) is 6.38. The average Bonchev–Trinajstić information content (AvgIpc) is 2.32. The van der Waals surface area contributed by atoms with E-state index in [1.54, 1.807) is 6.07 Å². The quantitative estimate of drug-likeness (QED) is 0.832. The van der Waals surface area contributed by atoms with Gasteiger partial charge in [0.1, 0.15) is 0 Å². The molecule has 106 valence electrons. The Balaban J connectivity index is 2.30. The molecule has 0 radical (unpaired) electrons. The smallest absolute Gasteiger partial charge is 0.0424 e. The van der Waals surface area contributed by atoms with Crippen molar-refractivity contribution in [2.24, 2.45) is 5.73 Å². The van der Waals surface area contributed by atoms with E-state index in [1.807, 2.05) is 12.1 Å². The molecule has 1 unspecified atom stereocenters. The lowest BCUT2D eigenvalue weighted by atomic mass is 9.92. The lowest BCUT2D eigenvalue weighted by Crippen LogP contribution is -2.15. The first kappa shape index (κ1) is 15.4.